The summed E-state index contributed by atoms with van der Waals surface area (Å²) in [6.45, 7) is 0. The van der Waals surface area contributed by atoms with Gasteiger partial charge in [-0.2, -0.15) is 0 Å². The Hall–Kier alpha value is -1.22. The summed E-state index contributed by atoms with van der Waals surface area (Å²) < 4.78 is 10.5. The van der Waals surface area contributed by atoms with Crippen LogP contribution in [0, 0.1) is 5.92 Å². The lowest BCUT2D eigenvalue weighted by Gasteiger charge is -2.27. The Morgan fingerprint density at radius 2 is 1.94 bits per heavy atom. The third-order valence-corrected chi connectivity index (χ3v) is 3.75. The van der Waals surface area contributed by atoms with Crippen LogP contribution in [0.25, 0.3) is 0 Å². The minimum Gasteiger partial charge on any atom is -0.493 e. The van der Waals surface area contributed by atoms with Crippen LogP contribution in [0.15, 0.2) is 18.2 Å². The van der Waals surface area contributed by atoms with Crippen LogP contribution in [0.4, 0.5) is 0 Å². The van der Waals surface area contributed by atoms with Gasteiger partial charge in [0.1, 0.15) is 0 Å². The summed E-state index contributed by atoms with van der Waals surface area (Å²) in [6.07, 6.45) is 5.26. The average molecular weight is 250 g/mol. The number of rotatable bonds is 6. The second kappa shape index (κ2) is 6.10. The lowest BCUT2D eigenvalue weighted by molar-refractivity contribution is 0.117. The van der Waals surface area contributed by atoms with Crippen LogP contribution < -0.4 is 9.47 Å². The molecule has 1 aromatic carbocycles. The van der Waals surface area contributed by atoms with Gasteiger partial charge >= 0.3 is 0 Å². The molecule has 0 bridgehead atoms. The van der Waals surface area contributed by atoms with E-state index in [4.69, 9.17) is 9.47 Å². The number of methoxy groups -OCH3 is 2. The fraction of sp³-hybridized carbons (Fsp3) is 0.600. The van der Waals surface area contributed by atoms with Crippen molar-refractivity contribution in [3.63, 3.8) is 0 Å². The van der Waals surface area contributed by atoms with Crippen molar-refractivity contribution in [2.45, 2.75) is 38.2 Å². The van der Waals surface area contributed by atoms with Gasteiger partial charge in [-0.25, -0.2) is 0 Å². The van der Waals surface area contributed by atoms with E-state index in [2.05, 4.69) is 0 Å². The standard InChI is InChI=1S/C15H22O3/c1-17-14-7-6-12(10-15(14)18-2)9-13(16)8-11-4-3-5-11/h6-7,10-11,13,16H,3-5,8-9H2,1-2H3. The zero-order valence-electron chi connectivity index (χ0n) is 11.2. The SMILES string of the molecule is COc1ccc(CC(O)CC2CCC2)cc1OC. The molecule has 0 spiro atoms. The number of ether oxygens (including phenoxy) is 2. The van der Waals surface area contributed by atoms with E-state index in [1.54, 1.807) is 14.2 Å². The number of hydrogen-bond acceptors (Lipinski definition) is 3. The first-order chi connectivity index (χ1) is 8.72. The topological polar surface area (TPSA) is 38.7 Å². The highest BCUT2D eigenvalue weighted by Gasteiger charge is 2.21. The van der Waals surface area contributed by atoms with Crippen LogP contribution in [0.1, 0.15) is 31.2 Å². The number of hydrogen-bond donors (Lipinski definition) is 1. The van der Waals surface area contributed by atoms with E-state index in [0.29, 0.717) is 6.42 Å². The minimum absolute atomic E-state index is 0.242. The summed E-state index contributed by atoms with van der Waals surface area (Å²) in [6, 6.07) is 5.83. The molecule has 0 saturated heterocycles. The fourth-order valence-electron chi connectivity index (χ4n) is 2.48. The van der Waals surface area contributed by atoms with Gasteiger partial charge in [0.25, 0.3) is 0 Å². The van der Waals surface area contributed by atoms with Gasteiger partial charge in [0.15, 0.2) is 11.5 Å². The number of aliphatic hydroxyl groups excluding tert-OH is 1. The Bertz CT molecular complexity index is 385. The molecule has 3 heteroatoms. The molecule has 1 unspecified atom stereocenters. The largest absolute Gasteiger partial charge is 0.493 e. The molecule has 1 fully saturated rings. The quantitative estimate of drug-likeness (QED) is 0.843. The molecule has 1 atom stereocenters. The molecule has 100 valence electrons. The van der Waals surface area contributed by atoms with Crippen LogP contribution in [-0.4, -0.2) is 25.4 Å². The van der Waals surface area contributed by atoms with Gasteiger partial charge in [0.05, 0.1) is 20.3 Å². The molecule has 1 N–H and O–H groups in total. The Balaban J connectivity index is 1.95. The summed E-state index contributed by atoms with van der Waals surface area (Å²) in [7, 11) is 3.26. The summed E-state index contributed by atoms with van der Waals surface area (Å²) in [5, 5.41) is 10.1. The molecule has 2 rings (SSSR count). The van der Waals surface area contributed by atoms with Gasteiger partial charge in [0.2, 0.25) is 0 Å². The molecule has 0 heterocycles. The van der Waals surface area contributed by atoms with Gasteiger partial charge in [-0.05, 0) is 36.5 Å². The lowest BCUT2D eigenvalue weighted by Crippen LogP contribution is -2.20. The van der Waals surface area contributed by atoms with Gasteiger partial charge in [-0.1, -0.05) is 25.3 Å². The Morgan fingerprint density at radius 3 is 2.50 bits per heavy atom. The van der Waals surface area contributed by atoms with Crippen LogP contribution in [0.2, 0.25) is 0 Å². The van der Waals surface area contributed by atoms with Crippen molar-refractivity contribution in [1.29, 1.82) is 0 Å². The molecule has 0 radical (unpaired) electrons. The smallest absolute Gasteiger partial charge is 0.160 e. The van der Waals surface area contributed by atoms with Crippen LogP contribution in [-0.2, 0) is 6.42 Å². The Kier molecular flexibility index (Phi) is 4.48. The summed E-state index contributed by atoms with van der Waals surface area (Å²) in [5.41, 5.74) is 1.10. The zero-order chi connectivity index (χ0) is 13.0. The minimum atomic E-state index is -0.242. The second-order valence-electron chi connectivity index (χ2n) is 5.08. The van der Waals surface area contributed by atoms with E-state index in [9.17, 15) is 5.11 Å². The van der Waals surface area contributed by atoms with Crippen molar-refractivity contribution in [2.24, 2.45) is 5.92 Å². The van der Waals surface area contributed by atoms with Crippen LogP contribution >= 0.6 is 0 Å². The summed E-state index contributed by atoms with van der Waals surface area (Å²) in [4.78, 5) is 0. The second-order valence-corrected chi connectivity index (χ2v) is 5.08. The lowest BCUT2D eigenvalue weighted by atomic mass is 9.80. The highest BCUT2D eigenvalue weighted by molar-refractivity contribution is 5.43. The van der Waals surface area contributed by atoms with Gasteiger partial charge in [0, 0.05) is 0 Å². The molecule has 1 aliphatic carbocycles. The van der Waals surface area contributed by atoms with E-state index in [-0.39, 0.29) is 6.10 Å². The molecule has 1 aliphatic rings. The first-order valence-electron chi connectivity index (χ1n) is 6.62. The third-order valence-electron chi connectivity index (χ3n) is 3.75. The molecule has 0 aromatic heterocycles. The molecule has 1 saturated carbocycles. The summed E-state index contributed by atoms with van der Waals surface area (Å²) in [5.74, 6) is 2.20. The van der Waals surface area contributed by atoms with Gasteiger partial charge in [-0.3, -0.25) is 0 Å². The van der Waals surface area contributed by atoms with E-state index in [0.717, 1.165) is 29.4 Å². The number of benzene rings is 1. The molecule has 0 amide bonds. The normalized spacial score (nSPS) is 17.1. The molecular formula is C15H22O3. The Labute approximate surface area is 109 Å². The molecule has 18 heavy (non-hydrogen) atoms. The molecule has 3 nitrogen and oxygen atoms in total. The molecule has 0 aliphatic heterocycles. The van der Waals surface area contributed by atoms with Crippen molar-refractivity contribution in [1.82, 2.24) is 0 Å². The highest BCUT2D eigenvalue weighted by Crippen LogP contribution is 2.32. The summed E-state index contributed by atoms with van der Waals surface area (Å²) >= 11 is 0. The predicted molar refractivity (Wildman–Crippen MR) is 71.2 cm³/mol. The van der Waals surface area contributed by atoms with Crippen LogP contribution in [0.5, 0.6) is 11.5 Å². The fourth-order valence-corrected chi connectivity index (χ4v) is 2.48. The van der Waals surface area contributed by atoms with Crippen molar-refractivity contribution in [3.05, 3.63) is 23.8 Å². The first-order valence-corrected chi connectivity index (χ1v) is 6.62. The van der Waals surface area contributed by atoms with Crippen LogP contribution in [0.3, 0.4) is 0 Å². The maximum Gasteiger partial charge on any atom is 0.160 e. The maximum absolute atomic E-state index is 10.1. The molecular weight excluding hydrogens is 228 g/mol. The van der Waals surface area contributed by atoms with E-state index in [1.807, 2.05) is 18.2 Å². The number of aliphatic hydroxyl groups is 1. The van der Waals surface area contributed by atoms with Gasteiger partial charge < -0.3 is 14.6 Å². The first kappa shape index (κ1) is 13.2. The van der Waals surface area contributed by atoms with E-state index in [1.165, 1.54) is 19.3 Å². The molecule has 1 aromatic rings. The van der Waals surface area contributed by atoms with Crippen molar-refractivity contribution in [2.75, 3.05) is 14.2 Å². The van der Waals surface area contributed by atoms with Crippen molar-refractivity contribution < 1.29 is 14.6 Å². The monoisotopic (exact) mass is 250 g/mol. The average Bonchev–Trinajstić information content (AvgIpc) is 2.33. The Morgan fingerprint density at radius 1 is 1.22 bits per heavy atom. The van der Waals surface area contributed by atoms with Crippen molar-refractivity contribution in [3.8, 4) is 11.5 Å². The highest BCUT2D eigenvalue weighted by atomic mass is 16.5. The van der Waals surface area contributed by atoms with Gasteiger partial charge in [-0.15, -0.1) is 0 Å². The van der Waals surface area contributed by atoms with E-state index >= 15 is 0 Å². The maximum atomic E-state index is 10.1. The zero-order valence-corrected chi connectivity index (χ0v) is 11.2. The van der Waals surface area contributed by atoms with Crippen molar-refractivity contribution >= 4 is 0 Å². The third kappa shape index (κ3) is 3.16. The predicted octanol–water partition coefficient (Wildman–Crippen LogP) is 2.80. The van der Waals surface area contributed by atoms with E-state index < -0.39 is 0 Å².